The van der Waals surface area contributed by atoms with Crippen molar-refractivity contribution in [3.05, 3.63) is 58.2 Å². The minimum absolute atomic E-state index is 0.214. The molecule has 0 heterocycles. The SMILES string of the molecule is CC(C)=CCC/C(C)=C/CC/C(C)=C/CC/C(C)=C/COP(=O)(O)OP(=O)(O)OCC=C(C)C. The van der Waals surface area contributed by atoms with Crippen molar-refractivity contribution in [3.8, 4) is 0 Å². The second-order valence-corrected chi connectivity index (χ2v) is 12.0. The van der Waals surface area contributed by atoms with Crippen molar-refractivity contribution in [2.45, 2.75) is 87.0 Å². The highest BCUT2D eigenvalue weighted by Crippen LogP contribution is 2.60. The molecule has 34 heavy (non-hydrogen) atoms. The van der Waals surface area contributed by atoms with Gasteiger partial charge in [0.15, 0.2) is 0 Å². The van der Waals surface area contributed by atoms with E-state index in [-0.39, 0.29) is 13.2 Å². The van der Waals surface area contributed by atoms with Gasteiger partial charge in [0.05, 0.1) is 13.2 Å². The molecule has 0 aliphatic carbocycles. The van der Waals surface area contributed by atoms with Crippen LogP contribution in [0.1, 0.15) is 87.0 Å². The molecule has 0 bridgehead atoms. The number of hydrogen-bond acceptors (Lipinski definition) is 5. The second kappa shape index (κ2) is 17.4. The lowest BCUT2D eigenvalue weighted by atomic mass is 10.0. The van der Waals surface area contributed by atoms with Crippen LogP contribution in [0.2, 0.25) is 0 Å². The molecule has 2 unspecified atom stereocenters. The summed E-state index contributed by atoms with van der Waals surface area (Å²) in [6.45, 7) is 13.6. The molecule has 0 aliphatic rings. The van der Waals surface area contributed by atoms with Crippen LogP contribution in [-0.2, 0) is 22.5 Å². The Kier molecular flexibility index (Phi) is 16.9. The molecular weight excluding hydrogens is 474 g/mol. The molecule has 0 aliphatic heterocycles. The van der Waals surface area contributed by atoms with Gasteiger partial charge in [-0.1, -0.05) is 58.2 Å². The van der Waals surface area contributed by atoms with Gasteiger partial charge >= 0.3 is 15.6 Å². The van der Waals surface area contributed by atoms with Crippen molar-refractivity contribution in [1.29, 1.82) is 0 Å². The molecule has 0 saturated carbocycles. The minimum Gasteiger partial charge on any atom is -0.302 e. The lowest BCUT2D eigenvalue weighted by Crippen LogP contribution is -1.98. The first-order chi connectivity index (χ1) is 15.7. The lowest BCUT2D eigenvalue weighted by Gasteiger charge is -2.15. The molecule has 0 spiro atoms. The van der Waals surface area contributed by atoms with Crippen LogP contribution in [0.15, 0.2) is 58.2 Å². The molecule has 0 amide bonds. The van der Waals surface area contributed by atoms with E-state index in [1.807, 2.05) is 6.92 Å². The summed E-state index contributed by atoms with van der Waals surface area (Å²) >= 11 is 0. The maximum absolute atomic E-state index is 11.9. The van der Waals surface area contributed by atoms with Crippen LogP contribution in [0.3, 0.4) is 0 Å². The van der Waals surface area contributed by atoms with Gasteiger partial charge in [-0.2, -0.15) is 4.31 Å². The summed E-state index contributed by atoms with van der Waals surface area (Å²) in [6, 6.07) is 0. The van der Waals surface area contributed by atoms with E-state index in [4.69, 9.17) is 4.52 Å². The van der Waals surface area contributed by atoms with Crippen LogP contribution in [0.25, 0.3) is 0 Å². The molecule has 196 valence electrons. The monoisotopic (exact) mass is 518 g/mol. The third-order valence-corrected chi connectivity index (χ3v) is 7.36. The van der Waals surface area contributed by atoms with Crippen LogP contribution >= 0.6 is 15.6 Å². The smallest absolute Gasteiger partial charge is 0.302 e. The third-order valence-electron chi connectivity index (χ3n) is 4.76. The van der Waals surface area contributed by atoms with E-state index < -0.39 is 15.6 Å². The number of hydrogen-bond donors (Lipinski definition) is 2. The average Bonchev–Trinajstić information content (AvgIpc) is 2.66. The van der Waals surface area contributed by atoms with E-state index in [0.29, 0.717) is 0 Å². The van der Waals surface area contributed by atoms with Gasteiger partial charge in [-0.3, -0.25) is 9.05 Å². The van der Waals surface area contributed by atoms with Gasteiger partial charge in [-0.15, -0.1) is 0 Å². The zero-order valence-corrected chi connectivity index (χ0v) is 23.7. The first-order valence-electron chi connectivity index (χ1n) is 11.6. The Bertz CT molecular complexity index is 858. The Morgan fingerprint density at radius 1 is 0.588 bits per heavy atom. The van der Waals surface area contributed by atoms with Gasteiger partial charge in [0, 0.05) is 0 Å². The number of phosphoric ester groups is 2. The third kappa shape index (κ3) is 20.3. The Balaban J connectivity index is 4.35. The van der Waals surface area contributed by atoms with Crippen LogP contribution in [0.5, 0.6) is 0 Å². The van der Waals surface area contributed by atoms with Gasteiger partial charge in [0.25, 0.3) is 0 Å². The van der Waals surface area contributed by atoms with Gasteiger partial charge in [0.1, 0.15) is 0 Å². The second-order valence-electron chi connectivity index (χ2n) is 8.94. The van der Waals surface area contributed by atoms with Crippen LogP contribution in [0.4, 0.5) is 0 Å². The summed E-state index contributed by atoms with van der Waals surface area (Å²) in [4.78, 5) is 19.2. The van der Waals surface area contributed by atoms with E-state index in [9.17, 15) is 18.9 Å². The summed E-state index contributed by atoms with van der Waals surface area (Å²) < 4.78 is 37.3. The van der Waals surface area contributed by atoms with Gasteiger partial charge in [-0.05, 0) is 87.0 Å². The van der Waals surface area contributed by atoms with Crippen molar-refractivity contribution in [1.82, 2.24) is 0 Å². The summed E-state index contributed by atoms with van der Waals surface area (Å²) in [5.41, 5.74) is 5.96. The van der Waals surface area contributed by atoms with E-state index in [0.717, 1.165) is 49.7 Å². The fourth-order valence-electron chi connectivity index (χ4n) is 2.74. The highest BCUT2D eigenvalue weighted by atomic mass is 31.3. The zero-order chi connectivity index (χ0) is 26.2. The molecule has 9 heteroatoms. The average molecular weight is 519 g/mol. The van der Waals surface area contributed by atoms with Crippen molar-refractivity contribution in [2.24, 2.45) is 0 Å². The molecule has 2 atom stereocenters. The predicted molar refractivity (Wildman–Crippen MR) is 140 cm³/mol. The Morgan fingerprint density at radius 2 is 0.941 bits per heavy atom. The molecule has 0 aromatic heterocycles. The molecule has 0 aromatic rings. The quantitative estimate of drug-likeness (QED) is 0.147. The van der Waals surface area contributed by atoms with E-state index in [1.165, 1.54) is 16.7 Å². The molecule has 0 rings (SSSR count). The maximum atomic E-state index is 11.9. The first-order valence-corrected chi connectivity index (χ1v) is 14.6. The summed E-state index contributed by atoms with van der Waals surface area (Å²) in [5, 5.41) is 0. The standard InChI is InChI=1S/C25H44O7P2/c1-21(2)11-8-12-23(5)13-9-14-24(6)15-10-16-25(7)18-20-31-34(28,29)32-33(26,27)30-19-17-22(3)4/h11,13,15,17-18H,8-10,12,14,16,19-20H2,1-7H3,(H,26,27)(H,28,29)/b23-13+,24-15+,25-18+. The lowest BCUT2D eigenvalue weighted by molar-refractivity contribution is 0.170. The number of allylic oxidation sites excluding steroid dienone is 8. The normalized spacial score (nSPS) is 16.6. The molecule has 0 saturated heterocycles. The van der Waals surface area contributed by atoms with Crippen molar-refractivity contribution in [2.75, 3.05) is 13.2 Å². The van der Waals surface area contributed by atoms with Gasteiger partial charge in [-0.25, -0.2) is 9.13 Å². The Labute approximate surface area is 206 Å². The van der Waals surface area contributed by atoms with Crippen LogP contribution < -0.4 is 0 Å². The predicted octanol–water partition coefficient (Wildman–Crippen LogP) is 8.35. The van der Waals surface area contributed by atoms with E-state index in [2.05, 4.69) is 54.8 Å². The van der Waals surface area contributed by atoms with Crippen molar-refractivity contribution in [3.63, 3.8) is 0 Å². The van der Waals surface area contributed by atoms with Crippen molar-refractivity contribution >= 4 is 15.6 Å². The zero-order valence-electron chi connectivity index (χ0n) is 21.9. The van der Waals surface area contributed by atoms with E-state index >= 15 is 0 Å². The summed E-state index contributed by atoms with van der Waals surface area (Å²) in [5.74, 6) is 0. The highest BCUT2D eigenvalue weighted by Gasteiger charge is 2.34. The molecule has 0 aromatic carbocycles. The number of rotatable bonds is 17. The molecular formula is C25H44O7P2. The largest absolute Gasteiger partial charge is 0.481 e. The summed E-state index contributed by atoms with van der Waals surface area (Å²) in [7, 11) is -9.44. The summed E-state index contributed by atoms with van der Waals surface area (Å²) in [6.07, 6.45) is 15.9. The van der Waals surface area contributed by atoms with Gasteiger partial charge in [0.2, 0.25) is 0 Å². The first kappa shape index (κ1) is 33.0. The topological polar surface area (TPSA) is 102 Å². The van der Waals surface area contributed by atoms with Crippen LogP contribution in [-0.4, -0.2) is 23.0 Å². The Morgan fingerprint density at radius 3 is 1.35 bits per heavy atom. The van der Waals surface area contributed by atoms with Crippen LogP contribution in [0, 0.1) is 0 Å². The fourth-order valence-corrected chi connectivity index (χ4v) is 4.68. The van der Waals surface area contributed by atoms with Crippen molar-refractivity contribution < 1.29 is 32.3 Å². The van der Waals surface area contributed by atoms with E-state index in [1.54, 1.807) is 26.0 Å². The number of phosphoric acid groups is 2. The fraction of sp³-hybridized carbons (Fsp3) is 0.600. The highest BCUT2D eigenvalue weighted by molar-refractivity contribution is 7.61. The Hall–Kier alpha value is -1.04. The van der Waals surface area contributed by atoms with Gasteiger partial charge < -0.3 is 9.79 Å². The maximum Gasteiger partial charge on any atom is 0.481 e. The minimum atomic E-state index is -4.73. The molecule has 0 radical (unpaired) electrons. The molecule has 7 nitrogen and oxygen atoms in total. The molecule has 0 fully saturated rings. The molecule has 2 N–H and O–H groups in total.